The fraction of sp³-hybridized carbons (Fsp3) is 0.182. The molecule has 1 heterocycles. The fourth-order valence-electron chi connectivity index (χ4n) is 4.79. The number of furan rings is 1. The number of hydrogen-bond acceptors (Lipinski definition) is 3. The van der Waals surface area contributed by atoms with Crippen LogP contribution in [0.25, 0.3) is 38.4 Å². The van der Waals surface area contributed by atoms with Crippen molar-refractivity contribution in [2.75, 3.05) is 11.9 Å². The maximum atomic E-state index is 12.9. The first kappa shape index (κ1) is 24.4. The highest BCUT2D eigenvalue weighted by Crippen LogP contribution is 2.41. The first-order valence-electron chi connectivity index (χ1n) is 12.6. The Morgan fingerprint density at radius 1 is 0.946 bits per heavy atom. The molecular weight excluding hydrogens is 458 g/mol. The molecule has 1 N–H and O–H groups in total. The zero-order chi connectivity index (χ0) is 26.1. The van der Waals surface area contributed by atoms with E-state index in [0.29, 0.717) is 6.61 Å². The highest BCUT2D eigenvalue weighted by atomic mass is 16.5. The van der Waals surface area contributed by atoms with E-state index in [1.807, 2.05) is 64.3 Å². The maximum absolute atomic E-state index is 12.9. The molecule has 5 aromatic rings. The lowest BCUT2D eigenvalue weighted by atomic mass is 9.95. The monoisotopic (exact) mass is 489 g/mol. The lowest BCUT2D eigenvalue weighted by molar-refractivity contribution is -0.111. The van der Waals surface area contributed by atoms with Gasteiger partial charge >= 0.3 is 0 Å². The molecule has 1 amide bonds. The van der Waals surface area contributed by atoms with Crippen molar-refractivity contribution in [3.8, 4) is 16.9 Å². The normalized spacial score (nSPS) is 11.8. The van der Waals surface area contributed by atoms with Crippen LogP contribution in [0.3, 0.4) is 0 Å². The van der Waals surface area contributed by atoms with E-state index in [1.165, 1.54) is 16.3 Å². The third-order valence-electron chi connectivity index (χ3n) is 6.94. The van der Waals surface area contributed by atoms with Gasteiger partial charge in [-0.15, -0.1) is 0 Å². The van der Waals surface area contributed by atoms with Crippen LogP contribution in [-0.4, -0.2) is 12.5 Å². The van der Waals surface area contributed by atoms with Crippen LogP contribution in [0.5, 0.6) is 5.75 Å². The van der Waals surface area contributed by atoms with Crippen molar-refractivity contribution < 1.29 is 13.9 Å². The van der Waals surface area contributed by atoms with Gasteiger partial charge in [0.1, 0.15) is 11.3 Å². The lowest BCUT2D eigenvalue weighted by Crippen LogP contribution is -2.09. The van der Waals surface area contributed by atoms with Crippen molar-refractivity contribution in [3.63, 3.8) is 0 Å². The van der Waals surface area contributed by atoms with Crippen LogP contribution in [0.4, 0.5) is 5.69 Å². The number of hydrogen-bond donors (Lipinski definition) is 1. The van der Waals surface area contributed by atoms with Crippen molar-refractivity contribution in [2.24, 2.45) is 0 Å². The maximum Gasteiger partial charge on any atom is 0.248 e. The molecule has 0 aliphatic heterocycles. The highest BCUT2D eigenvalue weighted by Gasteiger charge is 2.19. The number of aryl methyl sites for hydroxylation is 3. The smallest absolute Gasteiger partial charge is 0.248 e. The molecule has 37 heavy (non-hydrogen) atoms. The van der Waals surface area contributed by atoms with Gasteiger partial charge in [-0.25, -0.2) is 0 Å². The van der Waals surface area contributed by atoms with E-state index in [2.05, 4.69) is 48.6 Å². The molecule has 1 aromatic heterocycles. The van der Waals surface area contributed by atoms with Crippen LogP contribution >= 0.6 is 0 Å². The summed E-state index contributed by atoms with van der Waals surface area (Å²) in [5.41, 5.74) is 8.62. The second kappa shape index (κ2) is 9.98. The van der Waals surface area contributed by atoms with Gasteiger partial charge in [0.25, 0.3) is 0 Å². The molecule has 186 valence electrons. The Morgan fingerprint density at radius 2 is 1.73 bits per heavy atom. The van der Waals surface area contributed by atoms with E-state index in [4.69, 9.17) is 9.15 Å². The number of nitrogens with one attached hydrogen (secondary N) is 1. The van der Waals surface area contributed by atoms with Gasteiger partial charge in [0.2, 0.25) is 5.91 Å². The first-order chi connectivity index (χ1) is 17.9. The molecule has 0 radical (unpaired) electrons. The van der Waals surface area contributed by atoms with Gasteiger partial charge < -0.3 is 14.5 Å². The minimum atomic E-state index is -0.178. The zero-order valence-electron chi connectivity index (χ0n) is 21.9. The molecule has 4 nitrogen and oxygen atoms in total. The molecule has 0 aliphatic carbocycles. The van der Waals surface area contributed by atoms with Crippen LogP contribution in [0.1, 0.15) is 36.1 Å². The minimum absolute atomic E-state index is 0.178. The van der Waals surface area contributed by atoms with Gasteiger partial charge in [0.05, 0.1) is 12.9 Å². The van der Waals surface area contributed by atoms with E-state index in [0.717, 1.165) is 55.8 Å². The third kappa shape index (κ3) is 4.75. The van der Waals surface area contributed by atoms with Gasteiger partial charge in [-0.2, -0.15) is 0 Å². The topological polar surface area (TPSA) is 51.5 Å². The number of rotatable bonds is 6. The molecule has 0 unspecified atom stereocenters. The summed E-state index contributed by atoms with van der Waals surface area (Å²) >= 11 is 0. The largest absolute Gasteiger partial charge is 0.493 e. The van der Waals surface area contributed by atoms with Gasteiger partial charge in [-0.3, -0.25) is 4.79 Å². The van der Waals surface area contributed by atoms with Gasteiger partial charge in [0, 0.05) is 33.8 Å². The zero-order valence-corrected chi connectivity index (χ0v) is 21.9. The number of anilines is 1. The van der Waals surface area contributed by atoms with Crippen LogP contribution in [0.2, 0.25) is 0 Å². The molecule has 0 atom stereocenters. The average Bonchev–Trinajstić information content (AvgIpc) is 3.32. The van der Waals surface area contributed by atoms with Crippen molar-refractivity contribution in [3.05, 3.63) is 101 Å². The Labute approximate surface area is 217 Å². The number of fused-ring (bicyclic) bond motifs is 2. The Balaban J connectivity index is 1.57. The van der Waals surface area contributed by atoms with Crippen molar-refractivity contribution in [2.45, 2.75) is 34.6 Å². The van der Waals surface area contributed by atoms with Crippen molar-refractivity contribution in [1.82, 2.24) is 0 Å². The summed E-state index contributed by atoms with van der Waals surface area (Å²) in [6.45, 7) is 10.5. The van der Waals surface area contributed by atoms with E-state index >= 15 is 0 Å². The molecule has 0 aliphatic rings. The summed E-state index contributed by atoms with van der Waals surface area (Å²) in [4.78, 5) is 12.9. The van der Waals surface area contributed by atoms with Crippen molar-refractivity contribution >= 4 is 38.9 Å². The molecule has 0 spiro atoms. The second-order valence-corrected chi connectivity index (χ2v) is 9.51. The van der Waals surface area contributed by atoms with Crippen LogP contribution < -0.4 is 10.1 Å². The van der Waals surface area contributed by atoms with E-state index in [1.54, 1.807) is 6.08 Å². The molecule has 4 aromatic carbocycles. The number of amides is 1. The second-order valence-electron chi connectivity index (χ2n) is 9.51. The fourth-order valence-corrected chi connectivity index (χ4v) is 4.79. The Morgan fingerprint density at radius 3 is 2.49 bits per heavy atom. The molecule has 4 heteroatoms. The SMILES string of the molecule is CCOc1c(/C(C)=C/C(=O)Nc2ccc(C)c(C)c2)cc2c(-c3ccc4ccccc4c3)coc2c1C. The van der Waals surface area contributed by atoms with Crippen LogP contribution in [0.15, 0.2) is 83.5 Å². The predicted molar refractivity (Wildman–Crippen MR) is 153 cm³/mol. The summed E-state index contributed by atoms with van der Waals surface area (Å²) in [5, 5.41) is 6.36. The number of ether oxygens (including phenoxy) is 1. The predicted octanol–water partition coefficient (Wildman–Crippen LogP) is 8.62. The van der Waals surface area contributed by atoms with Crippen molar-refractivity contribution in [1.29, 1.82) is 0 Å². The number of benzene rings is 4. The van der Waals surface area contributed by atoms with Crippen LogP contribution in [-0.2, 0) is 4.79 Å². The van der Waals surface area contributed by atoms with E-state index < -0.39 is 0 Å². The number of carbonyl (C=O) groups is 1. The van der Waals surface area contributed by atoms with E-state index in [-0.39, 0.29) is 5.91 Å². The summed E-state index contributed by atoms with van der Waals surface area (Å²) in [6, 6.07) is 22.8. The summed E-state index contributed by atoms with van der Waals surface area (Å²) < 4.78 is 12.1. The average molecular weight is 490 g/mol. The van der Waals surface area contributed by atoms with Gasteiger partial charge in [-0.05, 0) is 91.9 Å². The Hall–Kier alpha value is -4.31. The molecule has 0 fully saturated rings. The standard InChI is InChI=1S/C33H31NO3/c1-6-36-32-23(5)33-29(30(19-37-33)26-13-12-24-9-7-8-10-25(24)17-26)18-28(32)22(4)16-31(35)34-27-14-11-20(2)21(3)15-27/h7-19H,6H2,1-5H3,(H,34,35)/b22-16+. The summed E-state index contributed by atoms with van der Waals surface area (Å²) in [7, 11) is 0. The van der Waals surface area contributed by atoms with Gasteiger partial charge in [0.15, 0.2) is 0 Å². The Kier molecular flexibility index (Phi) is 6.58. The molecule has 0 saturated heterocycles. The van der Waals surface area contributed by atoms with Gasteiger partial charge in [-0.1, -0.05) is 42.5 Å². The quantitative estimate of drug-likeness (QED) is 0.243. The third-order valence-corrected chi connectivity index (χ3v) is 6.94. The highest BCUT2D eigenvalue weighted by molar-refractivity contribution is 6.06. The number of carbonyl (C=O) groups excluding carboxylic acids is 1. The molecule has 5 rings (SSSR count). The lowest BCUT2D eigenvalue weighted by Gasteiger charge is -2.15. The Bertz CT molecular complexity index is 1670. The number of allylic oxidation sites excluding steroid dienone is 1. The first-order valence-corrected chi connectivity index (χ1v) is 12.6. The minimum Gasteiger partial charge on any atom is -0.493 e. The molecule has 0 saturated carbocycles. The van der Waals surface area contributed by atoms with E-state index in [9.17, 15) is 4.79 Å². The molecular formula is C33H31NO3. The van der Waals surface area contributed by atoms with Crippen LogP contribution in [0, 0.1) is 20.8 Å². The molecule has 0 bridgehead atoms. The summed E-state index contributed by atoms with van der Waals surface area (Å²) in [6.07, 6.45) is 3.45. The summed E-state index contributed by atoms with van der Waals surface area (Å²) in [5.74, 6) is 0.560.